The van der Waals surface area contributed by atoms with Crippen LogP contribution in [-0.2, 0) is 0 Å². The maximum absolute atomic E-state index is 6.23. The van der Waals surface area contributed by atoms with Crippen LogP contribution in [0.4, 0.5) is 5.82 Å². The molecule has 0 spiro atoms. The van der Waals surface area contributed by atoms with Crippen LogP contribution in [0, 0.1) is 0 Å². The third kappa shape index (κ3) is 3.33. The summed E-state index contributed by atoms with van der Waals surface area (Å²) in [4.78, 5) is 6.64. The van der Waals surface area contributed by atoms with Gasteiger partial charge in [0.05, 0.1) is 5.02 Å². The lowest BCUT2D eigenvalue weighted by molar-refractivity contribution is 0.584. The van der Waals surface area contributed by atoms with Gasteiger partial charge < -0.3 is 10.2 Å². The molecule has 3 nitrogen and oxygen atoms in total. The number of anilines is 1. The summed E-state index contributed by atoms with van der Waals surface area (Å²) < 4.78 is 0.918. The van der Waals surface area contributed by atoms with E-state index in [1.54, 1.807) is 6.20 Å². The normalized spacial score (nSPS) is 19.6. The minimum atomic E-state index is 0.566. The Morgan fingerprint density at radius 2 is 2.47 bits per heavy atom. The van der Waals surface area contributed by atoms with Crippen molar-refractivity contribution >= 4 is 33.3 Å². The van der Waals surface area contributed by atoms with E-state index in [2.05, 4.69) is 38.1 Å². The van der Waals surface area contributed by atoms with Crippen molar-refractivity contribution in [2.75, 3.05) is 24.5 Å². The van der Waals surface area contributed by atoms with Crippen molar-refractivity contribution < 1.29 is 0 Å². The van der Waals surface area contributed by atoms with Gasteiger partial charge in [0.25, 0.3) is 0 Å². The van der Waals surface area contributed by atoms with Gasteiger partial charge in [-0.1, -0.05) is 11.6 Å². The SMILES string of the molecule is CCN(CC1CCCN1)c1ncc(Br)cc1Cl. The van der Waals surface area contributed by atoms with Gasteiger partial charge in [0.2, 0.25) is 0 Å². The summed E-state index contributed by atoms with van der Waals surface area (Å²) in [5.74, 6) is 0.881. The minimum absolute atomic E-state index is 0.566. The molecule has 0 radical (unpaired) electrons. The van der Waals surface area contributed by atoms with Crippen LogP contribution < -0.4 is 10.2 Å². The molecule has 2 rings (SSSR count). The van der Waals surface area contributed by atoms with E-state index >= 15 is 0 Å². The summed E-state index contributed by atoms with van der Waals surface area (Å²) in [5.41, 5.74) is 0. The average molecular weight is 319 g/mol. The highest BCUT2D eigenvalue weighted by atomic mass is 79.9. The summed E-state index contributed by atoms with van der Waals surface area (Å²) in [6.07, 6.45) is 4.31. The molecule has 1 aromatic heterocycles. The third-order valence-electron chi connectivity index (χ3n) is 3.07. The van der Waals surface area contributed by atoms with Crippen molar-refractivity contribution in [3.63, 3.8) is 0 Å². The molecule has 5 heteroatoms. The Morgan fingerprint density at radius 3 is 3.06 bits per heavy atom. The number of halogens is 2. The molecule has 0 bridgehead atoms. The van der Waals surface area contributed by atoms with Gasteiger partial charge in [0.15, 0.2) is 0 Å². The average Bonchev–Trinajstić information content (AvgIpc) is 2.79. The molecule has 1 fully saturated rings. The number of nitrogens with one attached hydrogen (secondary N) is 1. The number of aromatic nitrogens is 1. The second-order valence-electron chi connectivity index (χ2n) is 4.29. The molecular formula is C12H17BrClN3. The van der Waals surface area contributed by atoms with Gasteiger partial charge in [-0.2, -0.15) is 0 Å². The van der Waals surface area contributed by atoms with Gasteiger partial charge in [0.1, 0.15) is 5.82 Å². The Hall–Kier alpha value is -0.320. The smallest absolute Gasteiger partial charge is 0.147 e. The van der Waals surface area contributed by atoms with Gasteiger partial charge >= 0.3 is 0 Å². The van der Waals surface area contributed by atoms with Gasteiger partial charge in [-0.05, 0) is 48.3 Å². The molecule has 1 saturated heterocycles. The van der Waals surface area contributed by atoms with E-state index in [9.17, 15) is 0 Å². The van der Waals surface area contributed by atoms with Crippen LogP contribution in [0.5, 0.6) is 0 Å². The molecule has 0 aromatic carbocycles. The van der Waals surface area contributed by atoms with Crippen molar-refractivity contribution in [2.45, 2.75) is 25.8 Å². The Kier molecular flexibility index (Phi) is 4.65. The quantitative estimate of drug-likeness (QED) is 0.925. The van der Waals surface area contributed by atoms with Crippen molar-refractivity contribution in [1.29, 1.82) is 0 Å². The number of pyridine rings is 1. The molecule has 1 aliphatic heterocycles. The second kappa shape index (κ2) is 6.03. The molecule has 0 aliphatic carbocycles. The summed E-state index contributed by atoms with van der Waals surface area (Å²) in [5, 5.41) is 4.21. The number of rotatable bonds is 4. The molecular weight excluding hydrogens is 302 g/mol. The number of hydrogen-bond donors (Lipinski definition) is 1. The Morgan fingerprint density at radius 1 is 1.65 bits per heavy atom. The summed E-state index contributed by atoms with van der Waals surface area (Å²) >= 11 is 9.61. The monoisotopic (exact) mass is 317 g/mol. The Bertz CT molecular complexity index is 380. The van der Waals surface area contributed by atoms with E-state index in [-0.39, 0.29) is 0 Å². The third-order valence-corrected chi connectivity index (χ3v) is 3.78. The lowest BCUT2D eigenvalue weighted by Crippen LogP contribution is -2.38. The van der Waals surface area contributed by atoms with E-state index in [0.717, 1.165) is 29.9 Å². The molecule has 94 valence electrons. The topological polar surface area (TPSA) is 28.2 Å². The van der Waals surface area contributed by atoms with Crippen LogP contribution in [0.15, 0.2) is 16.7 Å². The number of likely N-dealkylation sites (N-methyl/N-ethyl adjacent to an activating group) is 1. The molecule has 17 heavy (non-hydrogen) atoms. The van der Waals surface area contributed by atoms with Crippen LogP contribution in [-0.4, -0.2) is 30.7 Å². The molecule has 1 N–H and O–H groups in total. The first-order valence-electron chi connectivity index (χ1n) is 6.00. The maximum atomic E-state index is 6.23. The van der Waals surface area contributed by atoms with Crippen LogP contribution in [0.2, 0.25) is 5.02 Å². The zero-order valence-electron chi connectivity index (χ0n) is 9.92. The van der Waals surface area contributed by atoms with Crippen LogP contribution in [0.3, 0.4) is 0 Å². The van der Waals surface area contributed by atoms with E-state index in [1.165, 1.54) is 12.8 Å². The summed E-state index contributed by atoms with van der Waals surface area (Å²) in [6, 6.07) is 2.46. The van der Waals surface area contributed by atoms with Crippen molar-refractivity contribution in [3.05, 3.63) is 21.8 Å². The highest BCUT2D eigenvalue weighted by Crippen LogP contribution is 2.26. The first kappa shape index (κ1) is 13.1. The molecule has 2 heterocycles. The first-order valence-corrected chi connectivity index (χ1v) is 7.17. The fraction of sp³-hybridized carbons (Fsp3) is 0.583. The second-order valence-corrected chi connectivity index (χ2v) is 5.61. The zero-order valence-corrected chi connectivity index (χ0v) is 12.3. The molecule has 1 aliphatic rings. The standard InChI is InChI=1S/C12H17BrClN3/c1-2-17(8-10-4-3-5-15-10)12-11(14)6-9(13)7-16-12/h6-7,10,15H,2-5,8H2,1H3. The van der Waals surface area contributed by atoms with Crippen molar-refractivity contribution in [1.82, 2.24) is 10.3 Å². The largest absolute Gasteiger partial charge is 0.354 e. The molecule has 1 aromatic rings. The predicted octanol–water partition coefficient (Wildman–Crippen LogP) is 3.08. The van der Waals surface area contributed by atoms with E-state index in [0.29, 0.717) is 11.1 Å². The lowest BCUT2D eigenvalue weighted by Gasteiger charge is -2.26. The maximum Gasteiger partial charge on any atom is 0.147 e. The molecule has 0 saturated carbocycles. The highest BCUT2D eigenvalue weighted by Gasteiger charge is 2.19. The van der Waals surface area contributed by atoms with E-state index in [1.807, 2.05) is 6.07 Å². The molecule has 1 atom stereocenters. The zero-order chi connectivity index (χ0) is 12.3. The summed E-state index contributed by atoms with van der Waals surface area (Å²) in [7, 11) is 0. The highest BCUT2D eigenvalue weighted by molar-refractivity contribution is 9.10. The Labute approximate surface area is 116 Å². The molecule has 1 unspecified atom stereocenters. The van der Waals surface area contributed by atoms with Crippen LogP contribution in [0.25, 0.3) is 0 Å². The van der Waals surface area contributed by atoms with E-state index < -0.39 is 0 Å². The van der Waals surface area contributed by atoms with Gasteiger partial charge in [-0.25, -0.2) is 4.98 Å². The van der Waals surface area contributed by atoms with Crippen molar-refractivity contribution in [3.8, 4) is 0 Å². The van der Waals surface area contributed by atoms with Gasteiger partial charge in [0, 0.05) is 29.8 Å². The van der Waals surface area contributed by atoms with E-state index in [4.69, 9.17) is 11.6 Å². The fourth-order valence-corrected chi connectivity index (χ4v) is 2.93. The number of nitrogens with zero attached hydrogens (tertiary/aromatic N) is 2. The Balaban J connectivity index is 2.10. The van der Waals surface area contributed by atoms with Crippen LogP contribution >= 0.6 is 27.5 Å². The number of hydrogen-bond acceptors (Lipinski definition) is 3. The van der Waals surface area contributed by atoms with Crippen LogP contribution in [0.1, 0.15) is 19.8 Å². The predicted molar refractivity (Wildman–Crippen MR) is 75.9 cm³/mol. The van der Waals surface area contributed by atoms with Gasteiger partial charge in [-0.15, -0.1) is 0 Å². The fourth-order valence-electron chi connectivity index (χ4n) is 2.18. The van der Waals surface area contributed by atoms with Crippen molar-refractivity contribution in [2.24, 2.45) is 0 Å². The summed E-state index contributed by atoms with van der Waals surface area (Å²) in [6.45, 7) is 5.16. The lowest BCUT2D eigenvalue weighted by atomic mass is 10.2. The minimum Gasteiger partial charge on any atom is -0.354 e. The first-order chi connectivity index (χ1) is 8.20. The molecule has 0 amide bonds. The van der Waals surface area contributed by atoms with Gasteiger partial charge in [-0.3, -0.25) is 0 Å².